The van der Waals surface area contributed by atoms with Crippen LogP contribution < -0.4 is 11.3 Å². The summed E-state index contributed by atoms with van der Waals surface area (Å²) in [5, 5.41) is 19.9. The molecule has 0 fully saturated rings. The predicted molar refractivity (Wildman–Crippen MR) is 110 cm³/mol. The standard InChI is InChI=1S/C21H13ClN6O/c22-13-7-5-12(6-8-13)19-14(9-23)20(25)28(21(29)15(19)10-24)11-18-26-16-3-1-2-4-17(16)27-18/h1-8H,11,25H2,(H,26,27). The van der Waals surface area contributed by atoms with Crippen LogP contribution in [0.3, 0.4) is 0 Å². The summed E-state index contributed by atoms with van der Waals surface area (Å²) in [6.07, 6.45) is 0. The minimum absolute atomic E-state index is 0.00358. The predicted octanol–water partition coefficient (Wildman–Crippen LogP) is 3.42. The van der Waals surface area contributed by atoms with Crippen LogP contribution in [0, 0.1) is 22.7 Å². The minimum Gasteiger partial charge on any atom is -0.384 e. The molecule has 0 unspecified atom stereocenters. The van der Waals surface area contributed by atoms with Crippen LogP contribution in [0.2, 0.25) is 5.02 Å². The third-order valence-corrected chi connectivity index (χ3v) is 4.86. The number of H-pyrrole nitrogens is 1. The highest BCUT2D eigenvalue weighted by atomic mass is 35.5. The van der Waals surface area contributed by atoms with Crippen molar-refractivity contribution >= 4 is 28.5 Å². The molecule has 4 aromatic rings. The van der Waals surface area contributed by atoms with Crippen molar-refractivity contribution in [1.29, 1.82) is 10.5 Å². The molecule has 29 heavy (non-hydrogen) atoms. The Hall–Kier alpha value is -4.07. The first-order valence-electron chi connectivity index (χ1n) is 8.59. The van der Waals surface area contributed by atoms with E-state index in [4.69, 9.17) is 17.3 Å². The number of fused-ring (bicyclic) bond motifs is 1. The number of rotatable bonds is 3. The van der Waals surface area contributed by atoms with E-state index in [1.165, 1.54) is 4.57 Å². The Morgan fingerprint density at radius 3 is 2.41 bits per heavy atom. The summed E-state index contributed by atoms with van der Waals surface area (Å²) in [5.74, 6) is 0.467. The van der Waals surface area contributed by atoms with Gasteiger partial charge in [-0.1, -0.05) is 35.9 Å². The molecule has 0 spiro atoms. The number of para-hydroxylation sites is 2. The van der Waals surface area contributed by atoms with E-state index in [2.05, 4.69) is 9.97 Å². The Labute approximate surface area is 170 Å². The van der Waals surface area contributed by atoms with Crippen LogP contribution in [0.25, 0.3) is 22.2 Å². The van der Waals surface area contributed by atoms with Crippen LogP contribution in [0.4, 0.5) is 5.82 Å². The molecule has 4 rings (SSSR count). The molecule has 2 heterocycles. The van der Waals surface area contributed by atoms with E-state index in [-0.39, 0.29) is 29.1 Å². The van der Waals surface area contributed by atoms with Gasteiger partial charge in [0.2, 0.25) is 0 Å². The summed E-state index contributed by atoms with van der Waals surface area (Å²) >= 11 is 5.93. The first-order chi connectivity index (χ1) is 14.0. The molecule has 2 aromatic carbocycles. The largest absolute Gasteiger partial charge is 0.384 e. The van der Waals surface area contributed by atoms with Crippen LogP contribution in [-0.2, 0) is 6.54 Å². The molecule has 0 aliphatic rings. The normalized spacial score (nSPS) is 10.6. The second-order valence-corrected chi connectivity index (χ2v) is 6.77. The number of benzene rings is 2. The van der Waals surface area contributed by atoms with Gasteiger partial charge >= 0.3 is 0 Å². The molecule has 0 atom stereocenters. The topological polar surface area (TPSA) is 124 Å². The Morgan fingerprint density at radius 1 is 1.07 bits per heavy atom. The van der Waals surface area contributed by atoms with E-state index in [0.717, 1.165) is 11.0 Å². The molecule has 2 aromatic heterocycles. The highest BCUT2D eigenvalue weighted by Gasteiger charge is 2.22. The van der Waals surface area contributed by atoms with Gasteiger partial charge in [-0.3, -0.25) is 9.36 Å². The van der Waals surface area contributed by atoms with E-state index in [0.29, 0.717) is 16.4 Å². The number of hydrogen-bond acceptors (Lipinski definition) is 5. The maximum atomic E-state index is 13.1. The van der Waals surface area contributed by atoms with E-state index >= 15 is 0 Å². The number of nitrogens with two attached hydrogens (primary N) is 1. The fraction of sp³-hybridized carbons (Fsp3) is 0.0476. The number of nitrogens with one attached hydrogen (secondary N) is 1. The first-order valence-corrected chi connectivity index (χ1v) is 8.97. The quantitative estimate of drug-likeness (QED) is 0.545. The van der Waals surface area contributed by atoms with Gasteiger partial charge in [0.05, 0.1) is 17.6 Å². The molecule has 0 saturated heterocycles. The molecule has 140 valence electrons. The van der Waals surface area contributed by atoms with Gasteiger partial charge in [0.1, 0.15) is 34.9 Å². The highest BCUT2D eigenvalue weighted by Crippen LogP contribution is 2.30. The van der Waals surface area contributed by atoms with Gasteiger partial charge in [-0.25, -0.2) is 4.98 Å². The van der Waals surface area contributed by atoms with Crippen LogP contribution in [-0.4, -0.2) is 14.5 Å². The summed E-state index contributed by atoms with van der Waals surface area (Å²) in [7, 11) is 0. The Bertz CT molecular complexity index is 1350. The molecule has 0 amide bonds. The van der Waals surface area contributed by atoms with Crippen molar-refractivity contribution in [2.45, 2.75) is 6.54 Å². The fourth-order valence-electron chi connectivity index (χ4n) is 3.25. The maximum absolute atomic E-state index is 13.1. The van der Waals surface area contributed by atoms with Crippen molar-refractivity contribution in [2.24, 2.45) is 0 Å². The maximum Gasteiger partial charge on any atom is 0.271 e. The molecule has 0 aliphatic carbocycles. The summed E-state index contributed by atoms with van der Waals surface area (Å²) < 4.78 is 1.19. The van der Waals surface area contributed by atoms with Crippen molar-refractivity contribution in [3.63, 3.8) is 0 Å². The lowest BCUT2D eigenvalue weighted by atomic mass is 9.96. The summed E-state index contributed by atoms with van der Waals surface area (Å²) in [6.45, 7) is 0.00358. The summed E-state index contributed by atoms with van der Waals surface area (Å²) in [4.78, 5) is 20.6. The van der Waals surface area contributed by atoms with E-state index < -0.39 is 5.56 Å². The number of nitrogens with zero attached hydrogens (tertiary/aromatic N) is 4. The van der Waals surface area contributed by atoms with Crippen molar-refractivity contribution in [3.8, 4) is 23.3 Å². The zero-order valence-corrected chi connectivity index (χ0v) is 15.7. The van der Waals surface area contributed by atoms with E-state index in [1.807, 2.05) is 36.4 Å². The lowest BCUT2D eigenvalue weighted by Gasteiger charge is -2.15. The lowest BCUT2D eigenvalue weighted by molar-refractivity contribution is 0.734. The van der Waals surface area contributed by atoms with Crippen LogP contribution in [0.5, 0.6) is 0 Å². The molecule has 0 radical (unpaired) electrons. The molecule has 0 saturated carbocycles. The second kappa shape index (κ2) is 7.16. The lowest BCUT2D eigenvalue weighted by Crippen LogP contribution is -2.28. The van der Waals surface area contributed by atoms with Gasteiger partial charge in [-0.15, -0.1) is 0 Å². The van der Waals surface area contributed by atoms with Crippen molar-refractivity contribution in [2.75, 3.05) is 5.73 Å². The van der Waals surface area contributed by atoms with Gasteiger partial charge < -0.3 is 10.7 Å². The zero-order chi connectivity index (χ0) is 20.5. The second-order valence-electron chi connectivity index (χ2n) is 6.33. The number of hydrogen-bond donors (Lipinski definition) is 2. The number of nitrogen functional groups attached to an aromatic ring is 1. The SMILES string of the molecule is N#Cc1c(-c2ccc(Cl)cc2)c(C#N)c(=O)n(Cc2nc3ccccc3[nH]2)c1N. The molecule has 0 aliphatic heterocycles. The van der Waals surface area contributed by atoms with E-state index in [9.17, 15) is 15.3 Å². The molecular formula is C21H13ClN6O. The molecule has 0 bridgehead atoms. The minimum atomic E-state index is -0.589. The van der Waals surface area contributed by atoms with Crippen molar-refractivity contribution in [1.82, 2.24) is 14.5 Å². The average Bonchev–Trinajstić information content (AvgIpc) is 3.14. The van der Waals surface area contributed by atoms with Gasteiger partial charge in [0.15, 0.2) is 0 Å². The average molecular weight is 401 g/mol. The first kappa shape index (κ1) is 18.3. The van der Waals surface area contributed by atoms with Crippen molar-refractivity contribution < 1.29 is 0 Å². The smallest absolute Gasteiger partial charge is 0.271 e. The van der Waals surface area contributed by atoms with Gasteiger partial charge in [0.25, 0.3) is 5.56 Å². The van der Waals surface area contributed by atoms with Gasteiger partial charge in [-0.05, 0) is 29.8 Å². The summed E-state index contributed by atoms with van der Waals surface area (Å²) in [6, 6.07) is 17.9. The molecule has 3 N–H and O–H groups in total. The van der Waals surface area contributed by atoms with Crippen LogP contribution in [0.1, 0.15) is 17.0 Å². The molecule has 7 nitrogen and oxygen atoms in total. The number of aromatic amines is 1. The number of halogens is 1. The van der Waals surface area contributed by atoms with Crippen LogP contribution >= 0.6 is 11.6 Å². The Balaban J connectivity index is 1.92. The monoisotopic (exact) mass is 400 g/mol. The fourth-order valence-corrected chi connectivity index (χ4v) is 3.37. The van der Waals surface area contributed by atoms with Gasteiger partial charge in [-0.2, -0.15) is 10.5 Å². The number of pyridine rings is 1. The molecular weight excluding hydrogens is 388 g/mol. The Morgan fingerprint density at radius 2 is 1.76 bits per heavy atom. The highest BCUT2D eigenvalue weighted by molar-refractivity contribution is 6.30. The number of imidazole rings is 1. The van der Waals surface area contributed by atoms with Gasteiger partial charge in [0, 0.05) is 10.6 Å². The Kier molecular flexibility index (Phi) is 4.52. The van der Waals surface area contributed by atoms with Crippen molar-refractivity contribution in [3.05, 3.63) is 80.9 Å². The van der Waals surface area contributed by atoms with Crippen LogP contribution in [0.15, 0.2) is 53.3 Å². The number of nitriles is 2. The number of aromatic nitrogens is 3. The third-order valence-electron chi connectivity index (χ3n) is 4.61. The third kappa shape index (κ3) is 3.10. The zero-order valence-electron chi connectivity index (χ0n) is 15.0. The molecule has 8 heteroatoms. The van der Waals surface area contributed by atoms with E-state index in [1.54, 1.807) is 24.3 Å². The number of anilines is 1. The summed E-state index contributed by atoms with van der Waals surface area (Å²) in [5.41, 5.74) is 7.78.